The van der Waals surface area contributed by atoms with Gasteiger partial charge in [0.25, 0.3) is 0 Å². The number of methoxy groups -OCH3 is 1. The van der Waals surface area contributed by atoms with E-state index >= 15 is 0 Å². The Morgan fingerprint density at radius 1 is 0.778 bits per heavy atom. The molecule has 0 radical (unpaired) electrons. The van der Waals surface area contributed by atoms with E-state index in [1.807, 2.05) is 0 Å². The van der Waals surface area contributed by atoms with Crippen molar-refractivity contribution in [2.24, 2.45) is 0 Å². The molecule has 3 heterocycles. The molecule has 0 unspecified atom stereocenters. The summed E-state index contributed by atoms with van der Waals surface area (Å²) in [5, 5.41) is 102. The summed E-state index contributed by atoms with van der Waals surface area (Å²) in [6, 6.07) is 5.90. The van der Waals surface area contributed by atoms with Crippen LogP contribution in [0.15, 0.2) is 39.5 Å². The number of benzene rings is 2. The van der Waals surface area contributed by atoms with Crippen LogP contribution in [0.4, 0.5) is 0 Å². The van der Waals surface area contributed by atoms with E-state index in [1.165, 1.54) is 25.3 Å². The van der Waals surface area contributed by atoms with Gasteiger partial charge in [-0.3, -0.25) is 4.79 Å². The van der Waals surface area contributed by atoms with Gasteiger partial charge in [-0.05, 0) is 18.2 Å². The third-order valence-electron chi connectivity index (χ3n) is 7.59. The van der Waals surface area contributed by atoms with E-state index in [1.54, 1.807) is 0 Å². The summed E-state index contributed by atoms with van der Waals surface area (Å²) in [7, 11) is 1.19. The van der Waals surface area contributed by atoms with E-state index in [2.05, 4.69) is 0 Å². The number of hydrogen-bond acceptors (Lipinski definition) is 17. The van der Waals surface area contributed by atoms with E-state index in [4.69, 9.17) is 28.1 Å². The third-order valence-corrected chi connectivity index (χ3v) is 7.59. The van der Waals surface area contributed by atoms with Crippen molar-refractivity contribution in [1.82, 2.24) is 0 Å². The van der Waals surface area contributed by atoms with Crippen LogP contribution in [0.25, 0.3) is 22.3 Å². The second-order valence-corrected chi connectivity index (χ2v) is 10.4. The summed E-state index contributed by atoms with van der Waals surface area (Å²) < 4.78 is 33.5. The number of phenols is 3. The Hall–Kier alpha value is -3.75. The molecular formula is C28H32O17. The van der Waals surface area contributed by atoms with Crippen LogP contribution in [0.1, 0.15) is 0 Å². The van der Waals surface area contributed by atoms with Crippen molar-refractivity contribution in [3.63, 3.8) is 0 Å². The van der Waals surface area contributed by atoms with Crippen molar-refractivity contribution in [3.8, 4) is 40.1 Å². The second-order valence-electron chi connectivity index (χ2n) is 10.4. The second kappa shape index (κ2) is 12.9. The van der Waals surface area contributed by atoms with Gasteiger partial charge < -0.3 is 79.2 Å². The standard InChI is InChI=1S/C28H32O17/c1-40-15-6-14-18(12(33)5-13(41-14)9-2-3-10(31)11(32)4-9)21(36)25(15)44-28-26(23(38)20(35)17(8-30)43-28)45-27-24(39)22(37)19(34)16(7-29)42-27/h2-6,16-17,19-20,22-24,26-32,34-39H,7-8H2,1H3/t16-,17-,19-,20+,22+,23+,24-,26-,27+,28+/m1/s1. The minimum Gasteiger partial charge on any atom is -0.504 e. The molecule has 2 aromatic carbocycles. The molecule has 10 N–H and O–H groups in total. The van der Waals surface area contributed by atoms with Crippen LogP contribution in [0.3, 0.4) is 0 Å². The molecule has 0 aliphatic carbocycles. The molecule has 17 heteroatoms. The summed E-state index contributed by atoms with van der Waals surface area (Å²) >= 11 is 0. The Morgan fingerprint density at radius 3 is 2.04 bits per heavy atom. The molecule has 2 aliphatic rings. The van der Waals surface area contributed by atoms with Gasteiger partial charge >= 0.3 is 0 Å². The van der Waals surface area contributed by atoms with Crippen molar-refractivity contribution in [2.75, 3.05) is 20.3 Å². The predicted octanol–water partition coefficient (Wildman–Crippen LogP) is -2.41. The quantitative estimate of drug-likeness (QED) is 0.115. The lowest BCUT2D eigenvalue weighted by atomic mass is 9.97. The summed E-state index contributed by atoms with van der Waals surface area (Å²) in [5.41, 5.74) is -0.741. The molecule has 246 valence electrons. The highest BCUT2D eigenvalue weighted by Crippen LogP contribution is 2.44. The normalized spacial score (nSPS) is 32.0. The highest BCUT2D eigenvalue weighted by molar-refractivity contribution is 5.89. The lowest BCUT2D eigenvalue weighted by Gasteiger charge is -2.45. The molecule has 1 aromatic heterocycles. The molecule has 45 heavy (non-hydrogen) atoms. The highest BCUT2D eigenvalue weighted by Gasteiger charge is 2.51. The fraction of sp³-hybridized carbons (Fsp3) is 0.464. The van der Waals surface area contributed by atoms with Gasteiger partial charge in [0.05, 0.1) is 20.3 Å². The zero-order valence-electron chi connectivity index (χ0n) is 23.4. The molecule has 2 saturated heterocycles. The van der Waals surface area contributed by atoms with Crippen LogP contribution in [-0.2, 0) is 14.2 Å². The largest absolute Gasteiger partial charge is 0.504 e. The van der Waals surface area contributed by atoms with E-state index in [9.17, 15) is 55.9 Å². The summed E-state index contributed by atoms with van der Waals surface area (Å²) in [6.07, 6.45) is -17.4. The van der Waals surface area contributed by atoms with Crippen molar-refractivity contribution in [2.45, 2.75) is 61.4 Å². The van der Waals surface area contributed by atoms with Crippen LogP contribution in [0, 0.1) is 0 Å². The fourth-order valence-corrected chi connectivity index (χ4v) is 5.09. The average Bonchev–Trinajstić information content (AvgIpc) is 3.02. The number of phenolic OH excluding ortho intramolecular Hbond substituents is 3. The lowest BCUT2D eigenvalue weighted by Crippen LogP contribution is -2.65. The molecule has 5 rings (SSSR count). The van der Waals surface area contributed by atoms with E-state index in [0.717, 1.165) is 12.1 Å². The maximum atomic E-state index is 13.2. The number of rotatable bonds is 8. The Morgan fingerprint density at radius 2 is 1.42 bits per heavy atom. The number of fused-ring (bicyclic) bond motifs is 1. The van der Waals surface area contributed by atoms with Crippen molar-refractivity contribution < 1.29 is 79.2 Å². The van der Waals surface area contributed by atoms with Gasteiger partial charge in [0.1, 0.15) is 59.5 Å². The van der Waals surface area contributed by atoms with E-state index < -0.39 is 103 Å². The van der Waals surface area contributed by atoms with Crippen LogP contribution >= 0.6 is 0 Å². The fourth-order valence-electron chi connectivity index (χ4n) is 5.09. The van der Waals surface area contributed by atoms with Crippen LogP contribution in [0.5, 0.6) is 28.7 Å². The number of ether oxygens (including phenoxy) is 5. The van der Waals surface area contributed by atoms with Gasteiger partial charge in [0, 0.05) is 17.7 Å². The lowest BCUT2D eigenvalue weighted by molar-refractivity contribution is -0.358. The van der Waals surface area contributed by atoms with Gasteiger partial charge in [0.2, 0.25) is 12.0 Å². The van der Waals surface area contributed by atoms with Gasteiger partial charge in [0.15, 0.2) is 40.8 Å². The molecule has 2 aliphatic heterocycles. The molecule has 0 saturated carbocycles. The van der Waals surface area contributed by atoms with Gasteiger partial charge in [-0.1, -0.05) is 0 Å². The van der Waals surface area contributed by atoms with Crippen LogP contribution in [0.2, 0.25) is 0 Å². The zero-order chi connectivity index (χ0) is 32.7. The Labute approximate surface area is 252 Å². The number of aliphatic hydroxyl groups excluding tert-OH is 7. The molecule has 17 nitrogen and oxygen atoms in total. The number of aliphatic hydroxyl groups is 7. The Kier molecular flexibility index (Phi) is 9.38. The highest BCUT2D eigenvalue weighted by atomic mass is 16.8. The van der Waals surface area contributed by atoms with Gasteiger partial charge in [-0.2, -0.15) is 0 Å². The number of aromatic hydroxyl groups is 3. The molecule has 0 spiro atoms. The van der Waals surface area contributed by atoms with Crippen LogP contribution < -0.4 is 14.9 Å². The first-order chi connectivity index (χ1) is 21.4. The molecule has 3 aromatic rings. The van der Waals surface area contributed by atoms with E-state index in [0.29, 0.717) is 0 Å². The molecule has 0 amide bonds. The molecule has 2 fully saturated rings. The Bertz CT molecular complexity index is 1570. The molecular weight excluding hydrogens is 608 g/mol. The summed E-state index contributed by atoms with van der Waals surface area (Å²) in [6.45, 7) is -1.60. The predicted molar refractivity (Wildman–Crippen MR) is 146 cm³/mol. The smallest absolute Gasteiger partial charge is 0.230 e. The SMILES string of the molecule is COc1cc2oc(-c3ccc(O)c(O)c3)cc(=O)c2c(O)c1O[C@@H]1O[C@H](CO)[C@H](O)[C@H](O)[C@H]1O[C@@H]1O[C@H](CO)[C@@H](O)[C@H](O)[C@H]1O. The maximum Gasteiger partial charge on any atom is 0.230 e. The summed E-state index contributed by atoms with van der Waals surface area (Å²) in [4.78, 5) is 13.2. The third kappa shape index (κ3) is 5.98. The maximum absolute atomic E-state index is 13.2. The first-order valence-corrected chi connectivity index (χ1v) is 13.5. The topological polar surface area (TPSA) is 279 Å². The number of hydrogen-bond donors (Lipinski definition) is 10. The van der Waals surface area contributed by atoms with E-state index in [-0.39, 0.29) is 28.0 Å². The summed E-state index contributed by atoms with van der Waals surface area (Å²) in [5.74, 6) is -2.48. The first kappa shape index (κ1) is 32.6. The van der Waals surface area contributed by atoms with Crippen molar-refractivity contribution in [1.29, 1.82) is 0 Å². The van der Waals surface area contributed by atoms with Crippen molar-refractivity contribution >= 4 is 11.0 Å². The molecule has 10 atom stereocenters. The monoisotopic (exact) mass is 640 g/mol. The average molecular weight is 641 g/mol. The Balaban J connectivity index is 1.53. The minimum atomic E-state index is -1.92. The van der Waals surface area contributed by atoms with Crippen molar-refractivity contribution in [3.05, 3.63) is 40.6 Å². The van der Waals surface area contributed by atoms with Gasteiger partial charge in [-0.25, -0.2) is 0 Å². The minimum absolute atomic E-state index is 0.0376. The first-order valence-electron chi connectivity index (χ1n) is 13.5. The zero-order valence-corrected chi connectivity index (χ0v) is 23.4. The van der Waals surface area contributed by atoms with Gasteiger partial charge in [-0.15, -0.1) is 0 Å². The van der Waals surface area contributed by atoms with Crippen LogP contribution in [-0.4, -0.2) is 133 Å². The molecule has 0 bridgehead atoms.